The SMILES string of the molecule is CC(=O)N(N)C(=O)CCC(=O)N(N)C(C)=O. The van der Waals surface area contributed by atoms with E-state index in [1.54, 1.807) is 0 Å². The molecule has 4 amide bonds. The summed E-state index contributed by atoms with van der Waals surface area (Å²) in [6.07, 6.45) is -0.564. The second kappa shape index (κ2) is 5.93. The van der Waals surface area contributed by atoms with Gasteiger partial charge in [0.05, 0.1) is 0 Å². The molecule has 0 rings (SSSR count). The van der Waals surface area contributed by atoms with Crippen molar-refractivity contribution >= 4 is 23.6 Å². The molecule has 0 atom stereocenters. The van der Waals surface area contributed by atoms with E-state index < -0.39 is 23.6 Å². The summed E-state index contributed by atoms with van der Waals surface area (Å²) in [4.78, 5) is 43.7. The fourth-order valence-corrected chi connectivity index (χ4v) is 0.806. The van der Waals surface area contributed by atoms with Crippen LogP contribution in [0.2, 0.25) is 0 Å². The summed E-state index contributed by atoms with van der Waals surface area (Å²) in [5.41, 5.74) is 0. The fraction of sp³-hybridized carbons (Fsp3) is 0.500. The number of nitrogens with zero attached hydrogens (tertiary/aromatic N) is 2. The number of imide groups is 2. The number of hydrogen-bond acceptors (Lipinski definition) is 6. The predicted molar refractivity (Wildman–Crippen MR) is 52.7 cm³/mol. The van der Waals surface area contributed by atoms with Crippen LogP contribution in [-0.4, -0.2) is 33.6 Å². The monoisotopic (exact) mass is 230 g/mol. The van der Waals surface area contributed by atoms with Gasteiger partial charge in [-0.15, -0.1) is 0 Å². The minimum atomic E-state index is -0.710. The van der Waals surface area contributed by atoms with Crippen molar-refractivity contribution in [2.75, 3.05) is 0 Å². The summed E-state index contributed by atoms with van der Waals surface area (Å²) in [5.74, 6) is 7.50. The summed E-state index contributed by atoms with van der Waals surface area (Å²) < 4.78 is 0. The molecule has 8 nitrogen and oxygen atoms in total. The molecule has 0 aromatic rings. The van der Waals surface area contributed by atoms with Gasteiger partial charge in [-0.25, -0.2) is 21.7 Å². The topological polar surface area (TPSA) is 127 Å². The number of nitrogens with two attached hydrogens (primary N) is 2. The van der Waals surface area contributed by atoms with E-state index in [4.69, 9.17) is 11.7 Å². The summed E-state index contributed by atoms with van der Waals surface area (Å²) in [5, 5.41) is 0.809. The van der Waals surface area contributed by atoms with Crippen molar-refractivity contribution in [3.8, 4) is 0 Å². The Hall–Kier alpha value is -1.80. The zero-order valence-corrected chi connectivity index (χ0v) is 9.10. The molecule has 90 valence electrons. The Labute approximate surface area is 92.1 Å². The Bertz CT molecular complexity index is 296. The van der Waals surface area contributed by atoms with Gasteiger partial charge in [0.2, 0.25) is 23.6 Å². The number of hydrogen-bond donors (Lipinski definition) is 2. The van der Waals surface area contributed by atoms with Crippen LogP contribution in [0.3, 0.4) is 0 Å². The number of amides is 4. The Kier molecular flexibility index (Phi) is 5.26. The highest BCUT2D eigenvalue weighted by molar-refractivity contribution is 5.97. The minimum Gasteiger partial charge on any atom is -0.273 e. The minimum absolute atomic E-state index is 0.282. The molecule has 0 bridgehead atoms. The quantitative estimate of drug-likeness (QED) is 0.337. The third kappa shape index (κ3) is 4.15. The summed E-state index contributed by atoms with van der Waals surface area (Å²) in [6.45, 7) is 2.23. The number of carbonyl (C=O) groups excluding carboxylic acids is 4. The van der Waals surface area contributed by atoms with Crippen molar-refractivity contribution in [3.63, 3.8) is 0 Å². The van der Waals surface area contributed by atoms with Crippen molar-refractivity contribution < 1.29 is 19.2 Å². The van der Waals surface area contributed by atoms with E-state index in [-0.39, 0.29) is 12.8 Å². The summed E-state index contributed by atoms with van der Waals surface area (Å²) >= 11 is 0. The molecule has 0 aromatic carbocycles. The fourth-order valence-electron chi connectivity index (χ4n) is 0.806. The standard InChI is InChI=1S/C8H14N4O4/c1-5(13)11(9)7(15)3-4-8(16)12(10)6(2)14/h3-4,9-10H2,1-2H3. The van der Waals surface area contributed by atoms with Crippen molar-refractivity contribution in [1.29, 1.82) is 0 Å². The maximum Gasteiger partial charge on any atom is 0.244 e. The average molecular weight is 230 g/mol. The molecular weight excluding hydrogens is 216 g/mol. The lowest BCUT2D eigenvalue weighted by Crippen LogP contribution is -2.43. The molecule has 0 aromatic heterocycles. The molecule has 0 radical (unpaired) electrons. The van der Waals surface area contributed by atoms with Crippen molar-refractivity contribution in [1.82, 2.24) is 10.0 Å². The van der Waals surface area contributed by atoms with Crippen LogP contribution in [0.15, 0.2) is 0 Å². The van der Waals surface area contributed by atoms with Crippen LogP contribution in [0.1, 0.15) is 26.7 Å². The number of hydrazine groups is 2. The maximum absolute atomic E-state index is 11.2. The molecule has 0 unspecified atom stereocenters. The smallest absolute Gasteiger partial charge is 0.244 e. The molecule has 0 heterocycles. The van der Waals surface area contributed by atoms with Gasteiger partial charge in [0.15, 0.2) is 0 Å². The molecule has 0 aliphatic rings. The first-order valence-corrected chi connectivity index (χ1v) is 4.43. The van der Waals surface area contributed by atoms with Gasteiger partial charge in [0.25, 0.3) is 0 Å². The van der Waals surface area contributed by atoms with Crippen LogP contribution in [0.25, 0.3) is 0 Å². The van der Waals surface area contributed by atoms with Crippen molar-refractivity contribution in [3.05, 3.63) is 0 Å². The van der Waals surface area contributed by atoms with E-state index in [1.165, 1.54) is 0 Å². The molecular formula is C8H14N4O4. The number of carbonyl (C=O) groups is 4. The predicted octanol–water partition coefficient (Wildman–Crippen LogP) is -1.74. The second-order valence-corrected chi connectivity index (χ2v) is 3.07. The second-order valence-electron chi connectivity index (χ2n) is 3.07. The van der Waals surface area contributed by atoms with Crippen LogP contribution < -0.4 is 11.7 Å². The van der Waals surface area contributed by atoms with Crippen LogP contribution in [0.5, 0.6) is 0 Å². The largest absolute Gasteiger partial charge is 0.273 e. The Morgan fingerprint density at radius 3 is 1.25 bits per heavy atom. The molecule has 0 aliphatic carbocycles. The Morgan fingerprint density at radius 1 is 0.812 bits per heavy atom. The molecule has 0 saturated carbocycles. The molecule has 8 heteroatoms. The van der Waals surface area contributed by atoms with Crippen LogP contribution in [0, 0.1) is 0 Å². The van der Waals surface area contributed by atoms with E-state index in [0.717, 1.165) is 13.8 Å². The van der Waals surface area contributed by atoms with Gasteiger partial charge in [-0.1, -0.05) is 0 Å². The lowest BCUT2D eigenvalue weighted by molar-refractivity contribution is -0.148. The third-order valence-electron chi connectivity index (χ3n) is 1.77. The first-order chi connectivity index (χ1) is 7.27. The summed E-state index contributed by atoms with van der Waals surface area (Å²) in [7, 11) is 0. The Balaban J connectivity index is 4.16. The van der Waals surface area contributed by atoms with Crippen molar-refractivity contribution in [2.24, 2.45) is 11.7 Å². The van der Waals surface area contributed by atoms with E-state index >= 15 is 0 Å². The molecule has 4 N–H and O–H groups in total. The van der Waals surface area contributed by atoms with E-state index in [0.29, 0.717) is 10.0 Å². The average Bonchev–Trinajstić information content (AvgIpc) is 2.22. The van der Waals surface area contributed by atoms with Gasteiger partial charge in [-0.3, -0.25) is 19.2 Å². The zero-order valence-electron chi connectivity index (χ0n) is 9.10. The zero-order chi connectivity index (χ0) is 12.9. The first kappa shape index (κ1) is 14.2. The number of rotatable bonds is 3. The molecule has 0 aliphatic heterocycles. The molecule has 16 heavy (non-hydrogen) atoms. The van der Waals surface area contributed by atoms with E-state index in [9.17, 15) is 19.2 Å². The lowest BCUT2D eigenvalue weighted by atomic mass is 10.2. The lowest BCUT2D eigenvalue weighted by Gasteiger charge is -2.14. The van der Waals surface area contributed by atoms with Crippen LogP contribution >= 0.6 is 0 Å². The van der Waals surface area contributed by atoms with Crippen LogP contribution in [0.4, 0.5) is 0 Å². The summed E-state index contributed by atoms with van der Waals surface area (Å²) in [6, 6.07) is 0. The third-order valence-corrected chi connectivity index (χ3v) is 1.77. The van der Waals surface area contributed by atoms with Crippen molar-refractivity contribution in [2.45, 2.75) is 26.7 Å². The van der Waals surface area contributed by atoms with Gasteiger partial charge in [0, 0.05) is 26.7 Å². The van der Waals surface area contributed by atoms with Gasteiger partial charge < -0.3 is 0 Å². The highest BCUT2D eigenvalue weighted by Crippen LogP contribution is 1.97. The Morgan fingerprint density at radius 2 is 1.06 bits per heavy atom. The van der Waals surface area contributed by atoms with Gasteiger partial charge in [-0.2, -0.15) is 0 Å². The maximum atomic E-state index is 11.2. The normalized spacial score (nSPS) is 9.50. The van der Waals surface area contributed by atoms with Gasteiger partial charge >= 0.3 is 0 Å². The van der Waals surface area contributed by atoms with Crippen LogP contribution in [-0.2, 0) is 19.2 Å². The highest BCUT2D eigenvalue weighted by Gasteiger charge is 2.18. The van der Waals surface area contributed by atoms with Gasteiger partial charge in [-0.05, 0) is 0 Å². The first-order valence-electron chi connectivity index (χ1n) is 4.43. The molecule has 0 spiro atoms. The van der Waals surface area contributed by atoms with Gasteiger partial charge in [0.1, 0.15) is 0 Å². The molecule has 0 fully saturated rings. The molecule has 0 saturated heterocycles. The highest BCUT2D eigenvalue weighted by atomic mass is 16.2. The van der Waals surface area contributed by atoms with E-state index in [2.05, 4.69) is 0 Å². The van der Waals surface area contributed by atoms with E-state index in [1.807, 2.05) is 0 Å².